The van der Waals surface area contributed by atoms with E-state index in [9.17, 15) is 9.90 Å². The van der Waals surface area contributed by atoms with Crippen LogP contribution in [0.2, 0.25) is 0 Å². The Morgan fingerprint density at radius 3 is 2.50 bits per heavy atom. The second-order valence-corrected chi connectivity index (χ2v) is 4.93. The fourth-order valence-electron chi connectivity index (χ4n) is 1.90. The Hall–Kier alpha value is -1.60. The van der Waals surface area contributed by atoms with Gasteiger partial charge in [-0.15, -0.1) is 0 Å². The number of rotatable bonds is 8. The van der Waals surface area contributed by atoms with E-state index in [-0.39, 0.29) is 12.2 Å². The monoisotopic (exact) mass is 286 g/mol. The van der Waals surface area contributed by atoms with Crippen molar-refractivity contribution in [2.45, 2.75) is 26.1 Å². The topological polar surface area (TPSA) is 85.0 Å². The summed E-state index contributed by atoms with van der Waals surface area (Å²) in [4.78, 5) is 13.0. The van der Waals surface area contributed by atoms with Gasteiger partial charge in [-0.05, 0) is 5.92 Å². The largest absolute Gasteiger partial charge is 0.481 e. The van der Waals surface area contributed by atoms with E-state index in [1.54, 1.807) is 32.2 Å². The zero-order chi connectivity index (χ0) is 15.3. The zero-order valence-electron chi connectivity index (χ0n) is 12.5. The smallest absolute Gasteiger partial charge is 0.314 e. The summed E-state index contributed by atoms with van der Waals surface area (Å²) in [7, 11) is 4.91. The Morgan fingerprint density at radius 2 is 2.05 bits per heavy atom. The number of aliphatic carboxylic acids is 1. The Kier molecular flexibility index (Phi) is 5.97. The van der Waals surface area contributed by atoms with Gasteiger partial charge in [-0.3, -0.25) is 4.79 Å². The van der Waals surface area contributed by atoms with Crippen molar-refractivity contribution in [3.63, 3.8) is 0 Å². The second-order valence-electron chi connectivity index (χ2n) is 4.93. The molecular weight excluding hydrogens is 264 g/mol. The standard InChI is InChI=1S/C13H22N2O5/c1-8(2)12(13(16)17)9-6-10(14-20-9)15(3)7-11(18-4)19-5/h6,8,11-12H,7H2,1-5H3,(H,16,17). The van der Waals surface area contributed by atoms with Crippen LogP contribution in [-0.4, -0.2) is 50.3 Å². The number of methoxy groups -OCH3 is 2. The lowest BCUT2D eigenvalue weighted by Gasteiger charge is -2.21. The number of likely N-dealkylation sites (N-methyl/N-ethyl adjacent to an activating group) is 1. The van der Waals surface area contributed by atoms with Crippen LogP contribution in [0.25, 0.3) is 0 Å². The molecule has 0 radical (unpaired) electrons. The van der Waals surface area contributed by atoms with Crippen molar-refractivity contribution in [1.29, 1.82) is 0 Å². The first-order chi connectivity index (χ1) is 9.40. The Labute approximate surface area is 118 Å². The normalized spacial score (nSPS) is 12.9. The highest BCUT2D eigenvalue weighted by Crippen LogP contribution is 2.27. The highest BCUT2D eigenvalue weighted by atomic mass is 16.7. The van der Waals surface area contributed by atoms with Crippen molar-refractivity contribution in [2.24, 2.45) is 5.92 Å². The number of carboxylic acids is 1. The van der Waals surface area contributed by atoms with Gasteiger partial charge in [0.2, 0.25) is 0 Å². The molecule has 0 aliphatic heterocycles. The minimum atomic E-state index is -0.919. The Morgan fingerprint density at radius 1 is 1.45 bits per heavy atom. The summed E-state index contributed by atoms with van der Waals surface area (Å²) in [5, 5.41) is 13.1. The molecule has 7 heteroatoms. The maximum Gasteiger partial charge on any atom is 0.314 e. The summed E-state index contributed by atoms with van der Waals surface area (Å²) in [5.41, 5.74) is 0. The van der Waals surface area contributed by atoms with Crippen molar-refractivity contribution >= 4 is 11.8 Å². The first-order valence-corrected chi connectivity index (χ1v) is 6.36. The maximum atomic E-state index is 11.2. The van der Waals surface area contributed by atoms with Crippen LogP contribution in [0.15, 0.2) is 10.6 Å². The lowest BCUT2D eigenvalue weighted by atomic mass is 9.93. The molecule has 1 atom stereocenters. The van der Waals surface area contributed by atoms with E-state index >= 15 is 0 Å². The molecule has 20 heavy (non-hydrogen) atoms. The fraction of sp³-hybridized carbons (Fsp3) is 0.692. The lowest BCUT2D eigenvalue weighted by molar-refractivity contribution is -0.140. The molecule has 1 heterocycles. The molecule has 114 valence electrons. The summed E-state index contributed by atoms with van der Waals surface area (Å²) in [6, 6.07) is 1.64. The number of carbonyl (C=O) groups is 1. The van der Waals surface area contributed by atoms with Crippen molar-refractivity contribution in [1.82, 2.24) is 5.16 Å². The lowest BCUT2D eigenvalue weighted by Crippen LogP contribution is -2.31. The number of hydrogen-bond donors (Lipinski definition) is 1. The van der Waals surface area contributed by atoms with Gasteiger partial charge in [-0.2, -0.15) is 0 Å². The molecule has 1 unspecified atom stereocenters. The third-order valence-corrected chi connectivity index (χ3v) is 3.09. The molecule has 0 aliphatic carbocycles. The average Bonchev–Trinajstić information content (AvgIpc) is 2.84. The molecule has 0 bridgehead atoms. The molecule has 0 amide bonds. The summed E-state index contributed by atoms with van der Waals surface area (Å²) in [6.45, 7) is 4.12. The van der Waals surface area contributed by atoms with E-state index in [2.05, 4.69) is 5.16 Å². The van der Waals surface area contributed by atoms with Gasteiger partial charge in [0.15, 0.2) is 17.9 Å². The molecule has 0 aromatic carbocycles. The number of carboxylic acid groups (broad SMARTS) is 1. The van der Waals surface area contributed by atoms with Gasteiger partial charge in [0.25, 0.3) is 0 Å². The number of ether oxygens (including phenoxy) is 2. The third-order valence-electron chi connectivity index (χ3n) is 3.09. The minimum Gasteiger partial charge on any atom is -0.481 e. The summed E-state index contributed by atoms with van der Waals surface area (Å²) in [5.74, 6) is -0.807. The van der Waals surface area contributed by atoms with E-state index < -0.39 is 11.9 Å². The van der Waals surface area contributed by atoms with Crippen molar-refractivity contribution in [2.75, 3.05) is 32.7 Å². The molecule has 1 N–H and O–H groups in total. The van der Waals surface area contributed by atoms with Gasteiger partial charge in [-0.25, -0.2) is 0 Å². The van der Waals surface area contributed by atoms with Gasteiger partial charge in [-0.1, -0.05) is 19.0 Å². The number of anilines is 1. The van der Waals surface area contributed by atoms with E-state index in [1.165, 1.54) is 0 Å². The minimum absolute atomic E-state index is 0.0793. The second kappa shape index (κ2) is 7.25. The van der Waals surface area contributed by atoms with Crippen LogP contribution >= 0.6 is 0 Å². The maximum absolute atomic E-state index is 11.2. The zero-order valence-corrected chi connectivity index (χ0v) is 12.5. The first-order valence-electron chi connectivity index (χ1n) is 6.36. The van der Waals surface area contributed by atoms with E-state index in [1.807, 2.05) is 13.8 Å². The molecule has 0 saturated carbocycles. The Bertz CT molecular complexity index is 428. The highest BCUT2D eigenvalue weighted by Gasteiger charge is 2.28. The Balaban J connectivity index is 2.82. The van der Waals surface area contributed by atoms with Gasteiger partial charge in [0.05, 0.1) is 6.54 Å². The van der Waals surface area contributed by atoms with Crippen LogP contribution in [0.1, 0.15) is 25.5 Å². The summed E-state index contributed by atoms with van der Waals surface area (Å²) >= 11 is 0. The highest BCUT2D eigenvalue weighted by molar-refractivity contribution is 5.75. The van der Waals surface area contributed by atoms with Crippen LogP contribution in [0, 0.1) is 5.92 Å². The summed E-state index contributed by atoms with van der Waals surface area (Å²) in [6.07, 6.45) is -0.388. The van der Waals surface area contributed by atoms with Crippen LogP contribution in [-0.2, 0) is 14.3 Å². The van der Waals surface area contributed by atoms with Crippen molar-refractivity contribution in [3.05, 3.63) is 11.8 Å². The van der Waals surface area contributed by atoms with Crippen LogP contribution in [0.4, 0.5) is 5.82 Å². The third kappa shape index (κ3) is 3.94. The van der Waals surface area contributed by atoms with Crippen molar-refractivity contribution in [3.8, 4) is 0 Å². The fourth-order valence-corrected chi connectivity index (χ4v) is 1.90. The predicted molar refractivity (Wildman–Crippen MR) is 72.8 cm³/mol. The molecular formula is C13H22N2O5. The molecule has 0 fully saturated rings. The predicted octanol–water partition coefficient (Wildman–Crippen LogP) is 1.55. The number of nitrogens with zero attached hydrogens (tertiary/aromatic N) is 2. The van der Waals surface area contributed by atoms with Gasteiger partial charge in [0.1, 0.15) is 5.92 Å². The molecule has 1 aromatic heterocycles. The number of aromatic nitrogens is 1. The summed E-state index contributed by atoms with van der Waals surface area (Å²) < 4.78 is 15.4. The molecule has 1 rings (SSSR count). The van der Waals surface area contributed by atoms with Crippen LogP contribution in [0.3, 0.4) is 0 Å². The quantitative estimate of drug-likeness (QED) is 0.726. The molecule has 0 spiro atoms. The van der Waals surface area contributed by atoms with Gasteiger partial charge >= 0.3 is 5.97 Å². The van der Waals surface area contributed by atoms with E-state index in [0.29, 0.717) is 18.1 Å². The average molecular weight is 286 g/mol. The van der Waals surface area contributed by atoms with Gasteiger partial charge in [0, 0.05) is 27.3 Å². The van der Waals surface area contributed by atoms with Gasteiger partial charge < -0.3 is 24.0 Å². The van der Waals surface area contributed by atoms with E-state index in [4.69, 9.17) is 14.0 Å². The van der Waals surface area contributed by atoms with Crippen LogP contribution in [0.5, 0.6) is 0 Å². The van der Waals surface area contributed by atoms with Crippen LogP contribution < -0.4 is 4.90 Å². The molecule has 0 saturated heterocycles. The van der Waals surface area contributed by atoms with Crippen molar-refractivity contribution < 1.29 is 23.9 Å². The van der Waals surface area contributed by atoms with E-state index in [0.717, 1.165) is 0 Å². The molecule has 0 aliphatic rings. The number of hydrogen-bond acceptors (Lipinski definition) is 6. The molecule has 1 aromatic rings. The SMILES string of the molecule is COC(CN(C)c1cc(C(C(=O)O)C(C)C)on1)OC. The molecule has 7 nitrogen and oxygen atoms in total. The first kappa shape index (κ1) is 16.5.